The minimum atomic E-state index is -0.605. The fraction of sp³-hybridized carbons (Fsp3) is 0.385. The van der Waals surface area contributed by atoms with Crippen molar-refractivity contribution < 1.29 is 14.5 Å². The summed E-state index contributed by atoms with van der Waals surface area (Å²) in [6, 6.07) is 4.97. The number of hydrogen-bond donors (Lipinski definition) is 3. The molecule has 0 radical (unpaired) electrons. The Bertz CT molecular complexity index is 533. The van der Waals surface area contributed by atoms with Crippen LogP contribution in [0.3, 0.4) is 0 Å². The average molecular weight is 294 g/mol. The highest BCUT2D eigenvalue weighted by atomic mass is 16.6. The Labute approximate surface area is 122 Å². The van der Waals surface area contributed by atoms with Crippen LogP contribution in [0.15, 0.2) is 24.3 Å². The van der Waals surface area contributed by atoms with E-state index in [0.29, 0.717) is 12.1 Å². The second kappa shape index (κ2) is 7.95. The number of amides is 3. The summed E-state index contributed by atoms with van der Waals surface area (Å²) in [5, 5.41) is 18.2. The van der Waals surface area contributed by atoms with E-state index in [2.05, 4.69) is 16.0 Å². The number of benzene rings is 1. The molecule has 0 aliphatic carbocycles. The molecule has 0 heterocycles. The molecule has 1 unspecified atom stereocenters. The third-order valence-electron chi connectivity index (χ3n) is 2.70. The van der Waals surface area contributed by atoms with Gasteiger partial charge < -0.3 is 10.6 Å². The summed E-state index contributed by atoms with van der Waals surface area (Å²) in [6.45, 7) is 4.06. The maximum absolute atomic E-state index is 11.7. The number of carbonyl (C=O) groups excluding carboxylic acids is 2. The summed E-state index contributed by atoms with van der Waals surface area (Å²) in [5.41, 5.74) is 0.676. The summed E-state index contributed by atoms with van der Waals surface area (Å²) < 4.78 is 0. The van der Waals surface area contributed by atoms with Gasteiger partial charge in [0.1, 0.15) is 0 Å². The first kappa shape index (κ1) is 16.6. The van der Waals surface area contributed by atoms with Gasteiger partial charge in [-0.25, -0.2) is 4.79 Å². The highest BCUT2D eigenvalue weighted by Gasteiger charge is 2.15. The number of nitrogens with one attached hydrogen (secondary N) is 3. The van der Waals surface area contributed by atoms with Crippen molar-refractivity contribution >= 4 is 17.6 Å². The van der Waals surface area contributed by atoms with Gasteiger partial charge in [0.25, 0.3) is 5.69 Å². The molecular formula is C13H18N4O4. The third kappa shape index (κ3) is 5.57. The number of imide groups is 1. The van der Waals surface area contributed by atoms with Crippen molar-refractivity contribution in [2.75, 3.05) is 6.54 Å². The summed E-state index contributed by atoms with van der Waals surface area (Å²) >= 11 is 0. The molecule has 0 saturated carbocycles. The number of urea groups is 1. The minimum absolute atomic E-state index is 0.00581. The van der Waals surface area contributed by atoms with Gasteiger partial charge in [0.15, 0.2) is 0 Å². The van der Waals surface area contributed by atoms with Crippen LogP contribution in [0.1, 0.15) is 19.4 Å². The van der Waals surface area contributed by atoms with E-state index in [1.807, 2.05) is 0 Å². The van der Waals surface area contributed by atoms with Crippen LogP contribution < -0.4 is 16.0 Å². The first-order chi connectivity index (χ1) is 9.93. The van der Waals surface area contributed by atoms with E-state index in [-0.39, 0.29) is 12.2 Å². The maximum Gasteiger partial charge on any atom is 0.321 e. The second-order valence-corrected chi connectivity index (χ2v) is 4.38. The molecule has 3 amide bonds. The lowest BCUT2D eigenvalue weighted by Crippen LogP contribution is -2.47. The molecule has 0 spiro atoms. The average Bonchev–Trinajstić information content (AvgIpc) is 2.45. The quantitative estimate of drug-likeness (QED) is 0.533. The molecule has 0 aliphatic heterocycles. The number of non-ortho nitro benzene ring substituents is 1. The van der Waals surface area contributed by atoms with E-state index in [4.69, 9.17) is 0 Å². The number of rotatable bonds is 6. The predicted molar refractivity (Wildman–Crippen MR) is 76.6 cm³/mol. The number of carbonyl (C=O) groups is 2. The fourth-order valence-electron chi connectivity index (χ4n) is 1.57. The molecule has 0 aliphatic rings. The summed E-state index contributed by atoms with van der Waals surface area (Å²) in [6.07, 6.45) is 0. The minimum Gasteiger partial charge on any atom is -0.338 e. The zero-order chi connectivity index (χ0) is 15.8. The molecule has 1 aromatic carbocycles. The van der Waals surface area contributed by atoms with E-state index in [1.165, 1.54) is 12.1 Å². The molecule has 1 aromatic rings. The van der Waals surface area contributed by atoms with Gasteiger partial charge in [-0.15, -0.1) is 0 Å². The summed E-state index contributed by atoms with van der Waals surface area (Å²) in [5.74, 6) is -0.466. The Hall–Kier alpha value is -2.48. The third-order valence-corrected chi connectivity index (χ3v) is 2.70. The predicted octanol–water partition coefficient (Wildman–Crippen LogP) is 0.919. The number of nitro groups is 1. The molecule has 0 fully saturated rings. The Balaban J connectivity index is 2.50. The van der Waals surface area contributed by atoms with Gasteiger partial charge in [-0.2, -0.15) is 0 Å². The van der Waals surface area contributed by atoms with Crippen LogP contribution in [-0.4, -0.2) is 29.4 Å². The molecule has 8 heteroatoms. The lowest BCUT2D eigenvalue weighted by Gasteiger charge is -2.13. The molecule has 3 N–H and O–H groups in total. The van der Waals surface area contributed by atoms with Gasteiger partial charge in [0, 0.05) is 25.2 Å². The molecule has 114 valence electrons. The highest BCUT2D eigenvalue weighted by molar-refractivity contribution is 5.96. The van der Waals surface area contributed by atoms with Crippen LogP contribution in [-0.2, 0) is 11.3 Å². The zero-order valence-corrected chi connectivity index (χ0v) is 11.9. The van der Waals surface area contributed by atoms with E-state index >= 15 is 0 Å². The molecule has 21 heavy (non-hydrogen) atoms. The lowest BCUT2D eigenvalue weighted by atomic mass is 10.2. The monoisotopic (exact) mass is 294 g/mol. The van der Waals surface area contributed by atoms with E-state index in [9.17, 15) is 19.7 Å². The molecular weight excluding hydrogens is 276 g/mol. The topological polar surface area (TPSA) is 113 Å². The molecule has 0 saturated heterocycles. The Morgan fingerprint density at radius 3 is 2.71 bits per heavy atom. The summed E-state index contributed by atoms with van der Waals surface area (Å²) in [7, 11) is 0. The second-order valence-electron chi connectivity index (χ2n) is 4.38. The van der Waals surface area contributed by atoms with E-state index in [1.54, 1.807) is 26.0 Å². The van der Waals surface area contributed by atoms with Gasteiger partial charge in [0.05, 0.1) is 11.0 Å². The van der Waals surface area contributed by atoms with Crippen molar-refractivity contribution in [2.45, 2.75) is 26.4 Å². The largest absolute Gasteiger partial charge is 0.338 e. The van der Waals surface area contributed by atoms with Crippen LogP contribution >= 0.6 is 0 Å². The van der Waals surface area contributed by atoms with Crippen molar-refractivity contribution in [2.24, 2.45) is 0 Å². The van der Waals surface area contributed by atoms with Crippen molar-refractivity contribution in [3.05, 3.63) is 39.9 Å². The number of nitro benzene ring substituents is 1. The van der Waals surface area contributed by atoms with Crippen LogP contribution in [0.2, 0.25) is 0 Å². The van der Waals surface area contributed by atoms with E-state index < -0.39 is 22.9 Å². The standard InChI is InChI=1S/C13H18N4O4/c1-3-14-13(19)16-12(18)9(2)15-8-10-5-4-6-11(7-10)17(20)21/h4-7,9,15H,3,8H2,1-2H3,(H2,14,16,18,19). The van der Waals surface area contributed by atoms with Crippen molar-refractivity contribution in [3.63, 3.8) is 0 Å². The van der Waals surface area contributed by atoms with E-state index in [0.717, 1.165) is 0 Å². The number of nitrogens with zero attached hydrogens (tertiary/aromatic N) is 1. The van der Waals surface area contributed by atoms with Gasteiger partial charge in [0.2, 0.25) is 5.91 Å². The maximum atomic E-state index is 11.7. The number of hydrogen-bond acceptors (Lipinski definition) is 5. The molecule has 0 aromatic heterocycles. The Kier molecular flexibility index (Phi) is 6.28. The van der Waals surface area contributed by atoms with Crippen molar-refractivity contribution in [1.29, 1.82) is 0 Å². The zero-order valence-electron chi connectivity index (χ0n) is 11.9. The Morgan fingerprint density at radius 2 is 2.10 bits per heavy atom. The normalized spacial score (nSPS) is 11.5. The van der Waals surface area contributed by atoms with Crippen LogP contribution in [0.4, 0.5) is 10.5 Å². The van der Waals surface area contributed by atoms with Gasteiger partial charge in [-0.3, -0.25) is 20.2 Å². The van der Waals surface area contributed by atoms with Gasteiger partial charge in [-0.1, -0.05) is 12.1 Å². The highest BCUT2D eigenvalue weighted by Crippen LogP contribution is 2.12. The van der Waals surface area contributed by atoms with Gasteiger partial charge >= 0.3 is 6.03 Å². The van der Waals surface area contributed by atoms with Crippen LogP contribution in [0.5, 0.6) is 0 Å². The smallest absolute Gasteiger partial charge is 0.321 e. The lowest BCUT2D eigenvalue weighted by molar-refractivity contribution is -0.384. The fourth-order valence-corrected chi connectivity index (χ4v) is 1.57. The van der Waals surface area contributed by atoms with Crippen LogP contribution in [0.25, 0.3) is 0 Å². The molecule has 0 bridgehead atoms. The summed E-state index contributed by atoms with van der Waals surface area (Å²) in [4.78, 5) is 33.1. The Morgan fingerprint density at radius 1 is 1.38 bits per heavy atom. The first-order valence-electron chi connectivity index (χ1n) is 6.49. The van der Waals surface area contributed by atoms with Crippen molar-refractivity contribution in [3.8, 4) is 0 Å². The molecule has 1 rings (SSSR count). The van der Waals surface area contributed by atoms with Gasteiger partial charge in [-0.05, 0) is 19.4 Å². The van der Waals surface area contributed by atoms with Crippen molar-refractivity contribution in [1.82, 2.24) is 16.0 Å². The van der Waals surface area contributed by atoms with Crippen LogP contribution in [0, 0.1) is 10.1 Å². The first-order valence-corrected chi connectivity index (χ1v) is 6.49. The SMILES string of the molecule is CCNC(=O)NC(=O)C(C)NCc1cccc([N+](=O)[O-])c1. The molecule has 1 atom stereocenters. The molecule has 8 nitrogen and oxygen atoms in total.